The molecule has 0 saturated heterocycles. The van der Waals surface area contributed by atoms with E-state index in [0.717, 1.165) is 12.8 Å². The van der Waals surface area contributed by atoms with Crippen LogP contribution in [0, 0.1) is 5.92 Å². The van der Waals surface area contributed by atoms with E-state index in [-0.39, 0.29) is 17.8 Å². The topological polar surface area (TPSA) is 69.4 Å². The summed E-state index contributed by atoms with van der Waals surface area (Å²) in [7, 11) is 0. The highest BCUT2D eigenvalue weighted by atomic mass is 35.5. The number of rotatable bonds is 4. The van der Waals surface area contributed by atoms with Gasteiger partial charge < -0.3 is 10.5 Å². The summed E-state index contributed by atoms with van der Waals surface area (Å²) in [5.74, 6) is 0.735. The van der Waals surface area contributed by atoms with Crippen molar-refractivity contribution in [1.82, 2.24) is 0 Å². The van der Waals surface area contributed by atoms with Crippen LogP contribution in [0.3, 0.4) is 0 Å². The third-order valence-electron chi connectivity index (χ3n) is 2.71. The van der Waals surface area contributed by atoms with Crippen LogP contribution in [0.2, 0.25) is 0 Å². The predicted molar refractivity (Wildman–Crippen MR) is 56.8 cm³/mol. The zero-order valence-electron chi connectivity index (χ0n) is 8.58. The lowest BCUT2D eigenvalue weighted by Crippen LogP contribution is -2.33. The van der Waals surface area contributed by atoms with Crippen LogP contribution < -0.4 is 5.73 Å². The Bertz CT molecular complexity index is 245. The molecule has 0 aromatic rings. The normalized spacial score (nSPS) is 23.5. The number of ketones is 1. The first kappa shape index (κ1) is 12.3. The van der Waals surface area contributed by atoms with Gasteiger partial charge in [-0.1, -0.05) is 0 Å². The molecule has 1 amide bonds. The maximum absolute atomic E-state index is 11.3. The van der Waals surface area contributed by atoms with E-state index < -0.39 is 6.09 Å². The van der Waals surface area contributed by atoms with Gasteiger partial charge in [-0.2, -0.15) is 0 Å². The summed E-state index contributed by atoms with van der Waals surface area (Å²) in [5, 5.41) is 0. The van der Waals surface area contributed by atoms with E-state index in [4.69, 9.17) is 22.1 Å². The largest absolute Gasteiger partial charge is 0.446 e. The molecule has 1 fully saturated rings. The highest BCUT2D eigenvalue weighted by Crippen LogP contribution is 2.27. The fourth-order valence-electron chi connectivity index (χ4n) is 2.02. The average molecular weight is 234 g/mol. The number of halogens is 1. The number of carbonyl (C=O) groups excluding carboxylic acids is 2. The third-order valence-corrected chi connectivity index (χ3v) is 2.93. The van der Waals surface area contributed by atoms with Gasteiger partial charge in [0.1, 0.15) is 11.9 Å². The van der Waals surface area contributed by atoms with Crippen molar-refractivity contribution in [2.24, 2.45) is 11.7 Å². The summed E-state index contributed by atoms with van der Waals surface area (Å²) in [6, 6.07) is 0. The molecule has 5 heteroatoms. The standard InChI is InChI=1S/C10H16ClNO3/c11-5-4-9(15-10(12)14)7-2-1-3-8(13)6-7/h7,9H,1-6H2,(H2,12,14)/t7?,9-/m0/s1. The van der Waals surface area contributed by atoms with Crippen LogP contribution in [-0.4, -0.2) is 23.9 Å². The molecule has 1 aliphatic rings. The number of alkyl halides is 1. The van der Waals surface area contributed by atoms with Crippen molar-refractivity contribution < 1.29 is 14.3 Å². The molecule has 0 aromatic heterocycles. The fourth-order valence-corrected chi connectivity index (χ4v) is 2.24. The number of nitrogens with two attached hydrogens (primary N) is 1. The third kappa shape index (κ3) is 4.08. The molecule has 1 unspecified atom stereocenters. The second kappa shape index (κ2) is 5.95. The monoisotopic (exact) mass is 233 g/mol. The molecule has 1 aliphatic carbocycles. The Kier molecular flexibility index (Phi) is 4.88. The van der Waals surface area contributed by atoms with E-state index in [0.29, 0.717) is 25.1 Å². The SMILES string of the molecule is NC(=O)O[C@@H](CCCl)C1CCCC(=O)C1. The molecule has 2 atom stereocenters. The number of ether oxygens (including phenoxy) is 1. The first-order valence-electron chi connectivity index (χ1n) is 5.17. The molecule has 0 aliphatic heterocycles. The van der Waals surface area contributed by atoms with Gasteiger partial charge in [-0.15, -0.1) is 11.6 Å². The molecule has 2 N–H and O–H groups in total. The second-order valence-electron chi connectivity index (χ2n) is 3.85. The van der Waals surface area contributed by atoms with Gasteiger partial charge in [0.2, 0.25) is 0 Å². The summed E-state index contributed by atoms with van der Waals surface area (Å²) >= 11 is 5.62. The van der Waals surface area contributed by atoms with Crippen molar-refractivity contribution in [3.8, 4) is 0 Å². The van der Waals surface area contributed by atoms with Gasteiger partial charge in [0.25, 0.3) is 0 Å². The summed E-state index contributed by atoms with van der Waals surface area (Å²) in [4.78, 5) is 21.9. The van der Waals surface area contributed by atoms with E-state index in [9.17, 15) is 9.59 Å². The summed E-state index contributed by atoms with van der Waals surface area (Å²) in [5.41, 5.74) is 4.98. The lowest BCUT2D eigenvalue weighted by molar-refractivity contribution is -0.123. The van der Waals surface area contributed by atoms with Crippen LogP contribution in [-0.2, 0) is 9.53 Å². The van der Waals surface area contributed by atoms with Crippen molar-refractivity contribution in [2.75, 3.05) is 5.88 Å². The molecule has 15 heavy (non-hydrogen) atoms. The number of hydrogen-bond acceptors (Lipinski definition) is 3. The van der Waals surface area contributed by atoms with Crippen molar-refractivity contribution in [3.63, 3.8) is 0 Å². The molecule has 0 bridgehead atoms. The van der Waals surface area contributed by atoms with E-state index in [1.165, 1.54) is 0 Å². The summed E-state index contributed by atoms with van der Waals surface area (Å²) in [6.07, 6.45) is 2.36. The van der Waals surface area contributed by atoms with Gasteiger partial charge in [-0.3, -0.25) is 4.79 Å². The lowest BCUT2D eigenvalue weighted by Gasteiger charge is -2.28. The maximum atomic E-state index is 11.3. The molecular weight excluding hydrogens is 218 g/mol. The number of carbonyl (C=O) groups is 2. The van der Waals surface area contributed by atoms with E-state index >= 15 is 0 Å². The maximum Gasteiger partial charge on any atom is 0.404 e. The van der Waals surface area contributed by atoms with Crippen molar-refractivity contribution in [1.29, 1.82) is 0 Å². The molecule has 0 aromatic carbocycles. The Morgan fingerprint density at radius 1 is 1.67 bits per heavy atom. The van der Waals surface area contributed by atoms with E-state index in [1.54, 1.807) is 0 Å². The Labute approximate surface area is 94.1 Å². The van der Waals surface area contributed by atoms with Crippen LogP contribution in [0.25, 0.3) is 0 Å². The second-order valence-corrected chi connectivity index (χ2v) is 4.23. The minimum atomic E-state index is -0.789. The Morgan fingerprint density at radius 3 is 2.93 bits per heavy atom. The van der Waals surface area contributed by atoms with Crippen molar-refractivity contribution >= 4 is 23.5 Å². The van der Waals surface area contributed by atoms with Crippen LogP contribution in [0.5, 0.6) is 0 Å². The fraction of sp³-hybridized carbons (Fsp3) is 0.800. The first-order valence-corrected chi connectivity index (χ1v) is 5.70. The minimum absolute atomic E-state index is 0.0949. The summed E-state index contributed by atoms with van der Waals surface area (Å²) in [6.45, 7) is 0. The quantitative estimate of drug-likeness (QED) is 0.754. The van der Waals surface area contributed by atoms with Gasteiger partial charge in [-0.25, -0.2) is 4.79 Å². The highest BCUT2D eigenvalue weighted by Gasteiger charge is 2.29. The zero-order chi connectivity index (χ0) is 11.3. The van der Waals surface area contributed by atoms with Crippen molar-refractivity contribution in [3.05, 3.63) is 0 Å². The van der Waals surface area contributed by atoms with Gasteiger partial charge in [-0.05, 0) is 19.3 Å². The first-order chi connectivity index (χ1) is 7.13. The molecule has 1 rings (SSSR count). The highest BCUT2D eigenvalue weighted by molar-refractivity contribution is 6.17. The average Bonchev–Trinajstić information content (AvgIpc) is 2.16. The summed E-state index contributed by atoms with van der Waals surface area (Å²) < 4.78 is 4.98. The number of Topliss-reactive ketones (excluding diaryl/α,β-unsaturated/α-hetero) is 1. The lowest BCUT2D eigenvalue weighted by atomic mass is 9.83. The van der Waals surface area contributed by atoms with E-state index in [1.807, 2.05) is 0 Å². The number of primary amides is 1. The van der Waals surface area contributed by atoms with Gasteiger partial charge in [0.05, 0.1) is 0 Å². The smallest absolute Gasteiger partial charge is 0.404 e. The number of hydrogen-bond donors (Lipinski definition) is 1. The molecule has 4 nitrogen and oxygen atoms in total. The Balaban J connectivity index is 2.53. The Hall–Kier alpha value is -0.770. The van der Waals surface area contributed by atoms with Gasteiger partial charge in [0, 0.05) is 24.6 Å². The molecular formula is C10H16ClNO3. The predicted octanol–water partition coefficient (Wildman–Crippen LogP) is 1.84. The van der Waals surface area contributed by atoms with Crippen LogP contribution in [0.1, 0.15) is 32.1 Å². The molecule has 1 saturated carbocycles. The van der Waals surface area contributed by atoms with Crippen LogP contribution in [0.15, 0.2) is 0 Å². The molecule has 0 spiro atoms. The molecule has 86 valence electrons. The van der Waals surface area contributed by atoms with Crippen LogP contribution in [0.4, 0.5) is 4.79 Å². The zero-order valence-corrected chi connectivity index (χ0v) is 9.33. The Morgan fingerprint density at radius 2 is 2.40 bits per heavy atom. The minimum Gasteiger partial charge on any atom is -0.446 e. The van der Waals surface area contributed by atoms with Crippen LogP contribution >= 0.6 is 11.6 Å². The van der Waals surface area contributed by atoms with Crippen molar-refractivity contribution in [2.45, 2.75) is 38.2 Å². The molecule has 0 heterocycles. The van der Waals surface area contributed by atoms with Gasteiger partial charge in [0.15, 0.2) is 0 Å². The molecule has 0 radical (unpaired) electrons. The number of amides is 1. The van der Waals surface area contributed by atoms with Gasteiger partial charge >= 0.3 is 6.09 Å². The van der Waals surface area contributed by atoms with E-state index in [2.05, 4.69) is 0 Å².